The first-order valence-corrected chi connectivity index (χ1v) is 9.87. The van der Waals surface area contributed by atoms with Crippen LogP contribution in [0.5, 0.6) is 0 Å². The molecule has 1 saturated heterocycles. The van der Waals surface area contributed by atoms with Gasteiger partial charge in [0.1, 0.15) is 11.6 Å². The number of amides is 1. The number of piperidine rings is 1. The second-order valence-corrected chi connectivity index (χ2v) is 8.26. The van der Waals surface area contributed by atoms with Crippen LogP contribution in [0.2, 0.25) is 0 Å². The number of hydrogen-bond acceptors (Lipinski definition) is 8. The molecule has 0 aliphatic carbocycles. The quantitative estimate of drug-likeness (QED) is 0.680. The van der Waals surface area contributed by atoms with Crippen LogP contribution in [-0.2, 0) is 26.2 Å². The number of carbonyl (C=O) groups excluding carboxylic acids is 1. The number of nitrogens with zero attached hydrogens (tertiary/aromatic N) is 3. The van der Waals surface area contributed by atoms with Gasteiger partial charge >= 0.3 is 0 Å². The van der Waals surface area contributed by atoms with E-state index in [1.807, 2.05) is 4.90 Å². The van der Waals surface area contributed by atoms with Gasteiger partial charge in [0.25, 0.3) is 0 Å². The highest BCUT2D eigenvalue weighted by atomic mass is 32.2. The molecule has 130 valence electrons. The molecule has 2 heterocycles. The van der Waals surface area contributed by atoms with Crippen molar-refractivity contribution in [3.05, 3.63) is 5.01 Å². The van der Waals surface area contributed by atoms with Crippen molar-refractivity contribution in [2.75, 3.05) is 38.3 Å². The monoisotopic (exact) mass is 363 g/mol. The first-order chi connectivity index (χ1) is 10.9. The molecule has 1 amide bonds. The van der Waals surface area contributed by atoms with Crippen molar-refractivity contribution in [1.29, 1.82) is 0 Å². The van der Waals surface area contributed by atoms with E-state index in [9.17, 15) is 13.2 Å². The molecule has 9 nitrogen and oxygen atoms in total. The Bertz CT molecular complexity index is 625. The van der Waals surface area contributed by atoms with Crippen molar-refractivity contribution in [1.82, 2.24) is 19.8 Å². The van der Waals surface area contributed by atoms with Crippen molar-refractivity contribution in [3.63, 3.8) is 0 Å². The molecule has 11 heteroatoms. The lowest BCUT2D eigenvalue weighted by atomic mass is 10.1. The van der Waals surface area contributed by atoms with Gasteiger partial charge in [0.15, 0.2) is 0 Å². The fraction of sp³-hybridized carbons (Fsp3) is 0.750. The van der Waals surface area contributed by atoms with Gasteiger partial charge in [-0.2, -0.15) is 0 Å². The molecule has 0 unspecified atom stereocenters. The highest BCUT2D eigenvalue weighted by Gasteiger charge is 2.23. The first-order valence-electron chi connectivity index (χ1n) is 7.16. The van der Waals surface area contributed by atoms with Crippen LogP contribution in [0.3, 0.4) is 0 Å². The van der Waals surface area contributed by atoms with Crippen LogP contribution < -0.4 is 10.0 Å². The molecule has 1 aliphatic heterocycles. The summed E-state index contributed by atoms with van der Waals surface area (Å²) in [7, 11) is -1.61. The summed E-state index contributed by atoms with van der Waals surface area (Å²) in [6.45, 7) is 1.97. The lowest BCUT2D eigenvalue weighted by Crippen LogP contribution is -2.46. The summed E-state index contributed by atoms with van der Waals surface area (Å²) in [6, 6.07) is -0.0518. The normalized spacial score (nSPS) is 17.3. The van der Waals surface area contributed by atoms with Crippen molar-refractivity contribution in [2.24, 2.45) is 0 Å². The van der Waals surface area contributed by atoms with Gasteiger partial charge in [0, 0.05) is 26.2 Å². The Morgan fingerprint density at radius 2 is 2.09 bits per heavy atom. The van der Waals surface area contributed by atoms with Gasteiger partial charge in [-0.05, 0) is 12.8 Å². The third-order valence-corrected chi connectivity index (χ3v) is 4.89. The van der Waals surface area contributed by atoms with Crippen LogP contribution in [0, 0.1) is 0 Å². The van der Waals surface area contributed by atoms with E-state index < -0.39 is 10.0 Å². The fourth-order valence-corrected chi connectivity index (χ4v) is 3.93. The number of likely N-dealkylation sites (tertiary alicyclic amines) is 1. The Morgan fingerprint density at radius 3 is 2.70 bits per heavy atom. The summed E-state index contributed by atoms with van der Waals surface area (Å²) in [5.74, 6) is -0.153. The first kappa shape index (κ1) is 18.2. The standard InChI is InChI=1S/C12H21N5O4S2/c1-21-8-11-14-15-12(22-11)13-10(18)7-17-5-3-9(4-6-17)16-23(2,19)20/h9,16H,3-8H2,1-2H3,(H,13,15,18). The third kappa shape index (κ3) is 6.47. The van der Waals surface area contributed by atoms with Gasteiger partial charge in [-0.3, -0.25) is 15.0 Å². The van der Waals surface area contributed by atoms with E-state index in [4.69, 9.17) is 4.74 Å². The third-order valence-electron chi connectivity index (χ3n) is 3.32. The van der Waals surface area contributed by atoms with E-state index in [0.29, 0.717) is 42.7 Å². The van der Waals surface area contributed by atoms with Gasteiger partial charge in [-0.1, -0.05) is 11.3 Å². The molecule has 1 aliphatic rings. The minimum Gasteiger partial charge on any atom is -0.377 e. The molecule has 0 radical (unpaired) electrons. The predicted octanol–water partition coefficient (Wildman–Crippen LogP) is -0.363. The Hall–Kier alpha value is -1.14. The van der Waals surface area contributed by atoms with Crippen molar-refractivity contribution < 1.29 is 17.9 Å². The summed E-state index contributed by atoms with van der Waals surface area (Å²) >= 11 is 1.28. The maximum atomic E-state index is 12.0. The molecule has 1 aromatic rings. The number of hydrogen-bond donors (Lipinski definition) is 2. The van der Waals surface area contributed by atoms with E-state index >= 15 is 0 Å². The van der Waals surface area contributed by atoms with Gasteiger partial charge in [0.05, 0.1) is 12.8 Å². The summed E-state index contributed by atoms with van der Waals surface area (Å²) in [5, 5.41) is 11.7. The predicted molar refractivity (Wildman–Crippen MR) is 86.7 cm³/mol. The number of nitrogens with one attached hydrogen (secondary N) is 2. The molecular formula is C12H21N5O4S2. The van der Waals surface area contributed by atoms with E-state index in [1.165, 1.54) is 11.3 Å². The summed E-state index contributed by atoms with van der Waals surface area (Å²) in [4.78, 5) is 14.0. The van der Waals surface area contributed by atoms with Crippen molar-refractivity contribution >= 4 is 32.4 Å². The van der Waals surface area contributed by atoms with Gasteiger partial charge in [0.2, 0.25) is 21.1 Å². The van der Waals surface area contributed by atoms with Gasteiger partial charge in [-0.15, -0.1) is 10.2 Å². The molecule has 1 aromatic heterocycles. The summed E-state index contributed by atoms with van der Waals surface area (Å²) < 4.78 is 30.0. The van der Waals surface area contributed by atoms with Crippen molar-refractivity contribution in [2.45, 2.75) is 25.5 Å². The zero-order chi connectivity index (χ0) is 16.9. The molecule has 2 N–H and O–H groups in total. The van der Waals surface area contributed by atoms with E-state index in [1.54, 1.807) is 7.11 Å². The van der Waals surface area contributed by atoms with Gasteiger partial charge < -0.3 is 4.74 Å². The van der Waals surface area contributed by atoms with E-state index in [-0.39, 0.29) is 18.5 Å². The van der Waals surface area contributed by atoms with Crippen LogP contribution in [0.4, 0.5) is 5.13 Å². The number of ether oxygens (including phenoxy) is 1. The maximum absolute atomic E-state index is 12.0. The van der Waals surface area contributed by atoms with Gasteiger partial charge in [-0.25, -0.2) is 13.1 Å². The second kappa shape index (κ2) is 8.11. The second-order valence-electron chi connectivity index (χ2n) is 5.42. The minimum atomic E-state index is -3.18. The Labute approximate surface area is 139 Å². The number of rotatable bonds is 7. The number of sulfonamides is 1. The average molecular weight is 363 g/mol. The average Bonchev–Trinajstić information content (AvgIpc) is 2.87. The topological polar surface area (TPSA) is 114 Å². The molecule has 0 atom stereocenters. The highest BCUT2D eigenvalue weighted by molar-refractivity contribution is 7.88. The molecule has 23 heavy (non-hydrogen) atoms. The maximum Gasteiger partial charge on any atom is 0.240 e. The Balaban J connectivity index is 1.74. The largest absolute Gasteiger partial charge is 0.377 e. The minimum absolute atomic E-state index is 0.0518. The molecule has 2 rings (SSSR count). The van der Waals surface area contributed by atoms with Crippen LogP contribution in [0.25, 0.3) is 0 Å². The number of anilines is 1. The van der Waals surface area contributed by atoms with Crippen LogP contribution in [0.15, 0.2) is 0 Å². The van der Waals surface area contributed by atoms with E-state index in [2.05, 4.69) is 20.2 Å². The zero-order valence-electron chi connectivity index (χ0n) is 13.1. The number of aromatic nitrogens is 2. The lowest BCUT2D eigenvalue weighted by molar-refractivity contribution is -0.117. The molecule has 0 spiro atoms. The molecule has 0 aromatic carbocycles. The lowest BCUT2D eigenvalue weighted by Gasteiger charge is -2.31. The van der Waals surface area contributed by atoms with Crippen LogP contribution >= 0.6 is 11.3 Å². The smallest absolute Gasteiger partial charge is 0.240 e. The Morgan fingerprint density at radius 1 is 1.39 bits per heavy atom. The number of methoxy groups -OCH3 is 1. The van der Waals surface area contributed by atoms with Crippen LogP contribution in [-0.4, -0.2) is 68.5 Å². The molecular weight excluding hydrogens is 342 g/mol. The van der Waals surface area contributed by atoms with Crippen molar-refractivity contribution in [3.8, 4) is 0 Å². The molecule has 0 saturated carbocycles. The molecule has 1 fully saturated rings. The fourth-order valence-electron chi connectivity index (χ4n) is 2.36. The Kier molecular flexibility index (Phi) is 6.41. The summed E-state index contributed by atoms with van der Waals surface area (Å²) in [6.07, 6.45) is 2.54. The van der Waals surface area contributed by atoms with E-state index in [0.717, 1.165) is 6.26 Å². The number of carbonyl (C=O) groups is 1. The summed E-state index contributed by atoms with van der Waals surface area (Å²) in [5.41, 5.74) is 0. The molecule has 0 bridgehead atoms. The van der Waals surface area contributed by atoms with Crippen LogP contribution in [0.1, 0.15) is 17.8 Å². The highest BCUT2D eigenvalue weighted by Crippen LogP contribution is 2.16. The zero-order valence-corrected chi connectivity index (χ0v) is 14.7. The SMILES string of the molecule is COCc1nnc(NC(=O)CN2CCC(NS(C)(=O)=O)CC2)s1.